The SMILES string of the molecule is CC1(C(=O)NC(CO)c2ccc(Cl)cc2)CCCN1. The second kappa shape index (κ2) is 5.90. The van der Waals surface area contributed by atoms with E-state index in [1.54, 1.807) is 12.1 Å². The lowest BCUT2D eigenvalue weighted by Gasteiger charge is -2.26. The van der Waals surface area contributed by atoms with Gasteiger partial charge in [-0.3, -0.25) is 4.79 Å². The molecule has 2 atom stereocenters. The molecule has 2 unspecified atom stereocenters. The Bertz CT molecular complexity index is 441. The second-order valence-electron chi connectivity index (χ2n) is 5.12. The van der Waals surface area contributed by atoms with Crippen LogP contribution in [0.1, 0.15) is 31.4 Å². The van der Waals surface area contributed by atoms with Crippen LogP contribution in [-0.2, 0) is 4.79 Å². The number of hydrogen-bond acceptors (Lipinski definition) is 3. The molecule has 1 heterocycles. The molecule has 3 N–H and O–H groups in total. The zero-order valence-electron chi connectivity index (χ0n) is 10.9. The summed E-state index contributed by atoms with van der Waals surface area (Å²) in [4.78, 5) is 12.3. The molecule has 0 aliphatic carbocycles. The standard InChI is InChI=1S/C14H19ClN2O2/c1-14(7-2-8-16-14)13(19)17-12(9-18)10-3-5-11(15)6-4-10/h3-6,12,16,18H,2,7-9H2,1H3,(H,17,19). The van der Waals surface area contributed by atoms with Crippen LogP contribution in [0.5, 0.6) is 0 Å². The lowest BCUT2D eigenvalue weighted by Crippen LogP contribution is -2.52. The molecule has 1 saturated heterocycles. The van der Waals surface area contributed by atoms with Gasteiger partial charge < -0.3 is 15.7 Å². The van der Waals surface area contributed by atoms with Crippen LogP contribution in [0.2, 0.25) is 5.02 Å². The molecule has 0 saturated carbocycles. The number of aliphatic hydroxyl groups excluding tert-OH is 1. The highest BCUT2D eigenvalue weighted by Crippen LogP contribution is 2.21. The summed E-state index contributed by atoms with van der Waals surface area (Å²) in [6.07, 6.45) is 1.81. The second-order valence-corrected chi connectivity index (χ2v) is 5.56. The van der Waals surface area contributed by atoms with Crippen molar-refractivity contribution >= 4 is 17.5 Å². The van der Waals surface area contributed by atoms with Gasteiger partial charge in [0.25, 0.3) is 0 Å². The van der Waals surface area contributed by atoms with Crippen LogP contribution in [0.3, 0.4) is 0 Å². The number of nitrogens with one attached hydrogen (secondary N) is 2. The van der Waals surface area contributed by atoms with Crippen LogP contribution in [0, 0.1) is 0 Å². The normalized spacial score (nSPS) is 24.2. The van der Waals surface area contributed by atoms with Gasteiger partial charge in [0.1, 0.15) is 0 Å². The van der Waals surface area contributed by atoms with Gasteiger partial charge in [-0.2, -0.15) is 0 Å². The van der Waals surface area contributed by atoms with Crippen molar-refractivity contribution in [1.82, 2.24) is 10.6 Å². The van der Waals surface area contributed by atoms with Gasteiger partial charge in [0.2, 0.25) is 5.91 Å². The number of rotatable bonds is 4. The van der Waals surface area contributed by atoms with Crippen molar-refractivity contribution in [2.75, 3.05) is 13.2 Å². The minimum absolute atomic E-state index is 0.0704. The van der Waals surface area contributed by atoms with Gasteiger partial charge in [-0.25, -0.2) is 0 Å². The maximum atomic E-state index is 12.3. The number of aliphatic hydroxyl groups is 1. The molecule has 0 aromatic heterocycles. The largest absolute Gasteiger partial charge is 0.394 e. The van der Waals surface area contributed by atoms with E-state index in [0.29, 0.717) is 5.02 Å². The summed E-state index contributed by atoms with van der Waals surface area (Å²) < 4.78 is 0. The Balaban J connectivity index is 2.06. The molecular formula is C14H19ClN2O2. The van der Waals surface area contributed by atoms with Gasteiger partial charge in [-0.15, -0.1) is 0 Å². The van der Waals surface area contributed by atoms with Crippen LogP contribution < -0.4 is 10.6 Å². The van der Waals surface area contributed by atoms with Crippen LogP contribution >= 0.6 is 11.6 Å². The minimum Gasteiger partial charge on any atom is -0.394 e. The Morgan fingerprint density at radius 3 is 2.74 bits per heavy atom. The van der Waals surface area contributed by atoms with E-state index in [2.05, 4.69) is 10.6 Å². The number of hydrogen-bond donors (Lipinski definition) is 3. The summed E-state index contributed by atoms with van der Waals surface area (Å²) >= 11 is 5.83. The molecule has 5 heteroatoms. The first-order valence-corrected chi connectivity index (χ1v) is 6.85. The number of carbonyl (C=O) groups excluding carboxylic acids is 1. The van der Waals surface area contributed by atoms with Crippen LogP contribution in [0.25, 0.3) is 0 Å². The summed E-state index contributed by atoms with van der Waals surface area (Å²) in [7, 11) is 0. The summed E-state index contributed by atoms with van der Waals surface area (Å²) in [5, 5.41) is 16.2. The van der Waals surface area contributed by atoms with E-state index in [-0.39, 0.29) is 12.5 Å². The van der Waals surface area contributed by atoms with E-state index in [1.807, 2.05) is 19.1 Å². The third-order valence-electron chi connectivity index (χ3n) is 3.63. The number of halogens is 1. The quantitative estimate of drug-likeness (QED) is 0.787. The predicted octanol–water partition coefficient (Wildman–Crippen LogP) is 1.63. The number of benzene rings is 1. The molecule has 2 rings (SSSR count). The highest BCUT2D eigenvalue weighted by atomic mass is 35.5. The molecule has 1 aliphatic heterocycles. The Morgan fingerprint density at radius 1 is 1.53 bits per heavy atom. The summed E-state index contributed by atoms with van der Waals surface area (Å²) in [5.74, 6) is -0.0704. The van der Waals surface area contributed by atoms with Crippen molar-refractivity contribution in [2.45, 2.75) is 31.3 Å². The van der Waals surface area contributed by atoms with Crippen LogP contribution in [0.15, 0.2) is 24.3 Å². The molecule has 1 fully saturated rings. The van der Waals surface area contributed by atoms with E-state index >= 15 is 0 Å². The van der Waals surface area contributed by atoms with Crippen molar-refractivity contribution in [3.63, 3.8) is 0 Å². The highest BCUT2D eigenvalue weighted by Gasteiger charge is 2.36. The summed E-state index contributed by atoms with van der Waals surface area (Å²) in [5.41, 5.74) is 0.321. The van der Waals surface area contributed by atoms with E-state index < -0.39 is 11.6 Å². The molecule has 1 aromatic carbocycles. The zero-order chi connectivity index (χ0) is 13.9. The Labute approximate surface area is 118 Å². The molecule has 0 radical (unpaired) electrons. The van der Waals surface area contributed by atoms with Crippen molar-refractivity contribution in [1.29, 1.82) is 0 Å². The third-order valence-corrected chi connectivity index (χ3v) is 3.88. The molecule has 0 spiro atoms. The van der Waals surface area contributed by atoms with Crippen molar-refractivity contribution in [2.24, 2.45) is 0 Å². The fraction of sp³-hybridized carbons (Fsp3) is 0.500. The lowest BCUT2D eigenvalue weighted by molar-refractivity contribution is -0.127. The summed E-state index contributed by atoms with van der Waals surface area (Å²) in [6.45, 7) is 2.61. The Morgan fingerprint density at radius 2 is 2.21 bits per heavy atom. The van der Waals surface area contributed by atoms with Gasteiger partial charge in [0.05, 0.1) is 18.2 Å². The predicted molar refractivity (Wildman–Crippen MR) is 75.1 cm³/mol. The van der Waals surface area contributed by atoms with Gasteiger partial charge in [0, 0.05) is 5.02 Å². The first-order chi connectivity index (χ1) is 9.05. The van der Waals surface area contributed by atoms with Gasteiger partial charge in [-0.1, -0.05) is 23.7 Å². The Kier molecular flexibility index (Phi) is 4.45. The van der Waals surface area contributed by atoms with Gasteiger partial charge in [-0.05, 0) is 44.0 Å². The van der Waals surface area contributed by atoms with Gasteiger partial charge >= 0.3 is 0 Å². The minimum atomic E-state index is -0.528. The molecular weight excluding hydrogens is 264 g/mol. The fourth-order valence-corrected chi connectivity index (χ4v) is 2.46. The summed E-state index contributed by atoms with van der Waals surface area (Å²) in [6, 6.07) is 6.73. The van der Waals surface area contributed by atoms with Crippen LogP contribution in [-0.4, -0.2) is 29.7 Å². The molecule has 1 aromatic rings. The van der Waals surface area contributed by atoms with E-state index in [1.165, 1.54) is 0 Å². The monoisotopic (exact) mass is 282 g/mol. The maximum Gasteiger partial charge on any atom is 0.240 e. The molecule has 4 nitrogen and oxygen atoms in total. The average molecular weight is 283 g/mol. The molecule has 1 amide bonds. The van der Waals surface area contributed by atoms with Crippen LogP contribution in [0.4, 0.5) is 0 Å². The van der Waals surface area contributed by atoms with Gasteiger partial charge in [0.15, 0.2) is 0 Å². The van der Waals surface area contributed by atoms with Crippen molar-refractivity contribution in [3.8, 4) is 0 Å². The zero-order valence-corrected chi connectivity index (χ0v) is 11.7. The highest BCUT2D eigenvalue weighted by molar-refractivity contribution is 6.30. The fourth-order valence-electron chi connectivity index (χ4n) is 2.34. The van der Waals surface area contributed by atoms with E-state index in [4.69, 9.17) is 11.6 Å². The molecule has 104 valence electrons. The van der Waals surface area contributed by atoms with E-state index in [9.17, 15) is 9.90 Å². The molecule has 0 bridgehead atoms. The number of amides is 1. The first kappa shape index (κ1) is 14.3. The maximum absolute atomic E-state index is 12.3. The van der Waals surface area contributed by atoms with Crippen molar-refractivity contribution < 1.29 is 9.90 Å². The Hall–Kier alpha value is -1.10. The topological polar surface area (TPSA) is 61.4 Å². The first-order valence-electron chi connectivity index (χ1n) is 6.47. The average Bonchev–Trinajstić information content (AvgIpc) is 2.85. The molecule has 1 aliphatic rings. The number of carbonyl (C=O) groups is 1. The van der Waals surface area contributed by atoms with Crippen molar-refractivity contribution in [3.05, 3.63) is 34.9 Å². The third kappa shape index (κ3) is 3.26. The lowest BCUT2D eigenvalue weighted by atomic mass is 9.98. The van der Waals surface area contributed by atoms with E-state index in [0.717, 1.165) is 24.9 Å². The smallest absolute Gasteiger partial charge is 0.240 e. The molecule has 19 heavy (non-hydrogen) atoms.